The molecule has 1 aliphatic rings. The Balaban J connectivity index is 1.94. The van der Waals surface area contributed by atoms with Gasteiger partial charge < -0.3 is 4.74 Å². The summed E-state index contributed by atoms with van der Waals surface area (Å²) in [5, 5.41) is 0.791. The Labute approximate surface area is 106 Å². The highest BCUT2D eigenvalue weighted by atomic mass is 35.5. The smallest absolute Gasteiger partial charge is 0.0837 e. The van der Waals surface area contributed by atoms with E-state index in [0.717, 1.165) is 31.3 Å². The van der Waals surface area contributed by atoms with E-state index in [1.54, 1.807) is 0 Å². The molecule has 2 nitrogen and oxygen atoms in total. The molecule has 4 heteroatoms. The van der Waals surface area contributed by atoms with Crippen molar-refractivity contribution in [3.63, 3.8) is 0 Å². The van der Waals surface area contributed by atoms with Crippen molar-refractivity contribution in [1.82, 2.24) is 4.90 Å². The number of ether oxygens (including phenoxy) is 1. The monoisotopic (exact) mass is 259 g/mol. The Bertz CT molecular complexity index is 346. The third-order valence-corrected chi connectivity index (χ3v) is 3.27. The SMILES string of the molecule is ClCC1CN(Cc2cccc(Cl)c2)CCO1. The van der Waals surface area contributed by atoms with Crippen molar-refractivity contribution in [3.8, 4) is 0 Å². The molecule has 0 amide bonds. The van der Waals surface area contributed by atoms with Gasteiger partial charge in [0.25, 0.3) is 0 Å². The molecule has 0 aromatic heterocycles. The van der Waals surface area contributed by atoms with Crippen molar-refractivity contribution in [2.75, 3.05) is 25.6 Å². The number of rotatable bonds is 3. The van der Waals surface area contributed by atoms with Crippen molar-refractivity contribution in [2.45, 2.75) is 12.6 Å². The Morgan fingerprint density at radius 2 is 2.31 bits per heavy atom. The van der Waals surface area contributed by atoms with Crippen LogP contribution >= 0.6 is 23.2 Å². The van der Waals surface area contributed by atoms with Crippen LogP contribution in [-0.2, 0) is 11.3 Å². The maximum atomic E-state index is 5.95. The van der Waals surface area contributed by atoms with E-state index in [0.29, 0.717) is 5.88 Å². The zero-order chi connectivity index (χ0) is 11.4. The van der Waals surface area contributed by atoms with Crippen LogP contribution < -0.4 is 0 Å². The van der Waals surface area contributed by atoms with E-state index < -0.39 is 0 Å². The van der Waals surface area contributed by atoms with Gasteiger partial charge >= 0.3 is 0 Å². The highest BCUT2D eigenvalue weighted by Crippen LogP contribution is 2.15. The molecule has 0 bridgehead atoms. The Morgan fingerprint density at radius 1 is 1.44 bits per heavy atom. The van der Waals surface area contributed by atoms with Crippen molar-refractivity contribution >= 4 is 23.2 Å². The lowest BCUT2D eigenvalue weighted by Gasteiger charge is -2.31. The molecule has 1 aliphatic heterocycles. The maximum absolute atomic E-state index is 5.95. The minimum absolute atomic E-state index is 0.162. The summed E-state index contributed by atoms with van der Waals surface area (Å²) in [6.45, 7) is 3.53. The fourth-order valence-electron chi connectivity index (χ4n) is 1.91. The fourth-order valence-corrected chi connectivity index (χ4v) is 2.31. The molecule has 0 spiro atoms. The maximum Gasteiger partial charge on any atom is 0.0837 e. The molecular formula is C12H15Cl2NO. The average molecular weight is 260 g/mol. The first-order valence-electron chi connectivity index (χ1n) is 5.42. The molecular weight excluding hydrogens is 245 g/mol. The molecule has 88 valence electrons. The zero-order valence-electron chi connectivity index (χ0n) is 9.03. The van der Waals surface area contributed by atoms with Crippen LogP contribution in [0.5, 0.6) is 0 Å². The van der Waals surface area contributed by atoms with Crippen LogP contribution in [0, 0.1) is 0 Å². The number of halogens is 2. The van der Waals surface area contributed by atoms with Gasteiger partial charge in [0.15, 0.2) is 0 Å². The van der Waals surface area contributed by atoms with Crippen LogP contribution in [0.15, 0.2) is 24.3 Å². The normalized spacial score (nSPS) is 22.2. The van der Waals surface area contributed by atoms with Gasteiger partial charge in [-0.25, -0.2) is 0 Å². The van der Waals surface area contributed by atoms with Gasteiger partial charge in [-0.15, -0.1) is 11.6 Å². The number of hydrogen-bond acceptors (Lipinski definition) is 2. The lowest BCUT2D eigenvalue weighted by molar-refractivity contribution is -0.0193. The molecule has 0 radical (unpaired) electrons. The zero-order valence-corrected chi connectivity index (χ0v) is 10.5. The first-order chi connectivity index (χ1) is 7.78. The molecule has 16 heavy (non-hydrogen) atoms. The van der Waals surface area contributed by atoms with Crippen molar-refractivity contribution in [2.24, 2.45) is 0 Å². The highest BCUT2D eigenvalue weighted by Gasteiger charge is 2.19. The van der Waals surface area contributed by atoms with Gasteiger partial charge in [0.05, 0.1) is 12.7 Å². The van der Waals surface area contributed by atoms with E-state index in [1.165, 1.54) is 5.56 Å². The molecule has 1 aromatic carbocycles. The first-order valence-corrected chi connectivity index (χ1v) is 6.33. The Morgan fingerprint density at radius 3 is 3.06 bits per heavy atom. The van der Waals surface area contributed by atoms with Crippen molar-refractivity contribution in [3.05, 3.63) is 34.9 Å². The van der Waals surface area contributed by atoms with Gasteiger partial charge in [-0.3, -0.25) is 4.90 Å². The van der Waals surface area contributed by atoms with E-state index in [9.17, 15) is 0 Å². The van der Waals surface area contributed by atoms with Crippen LogP contribution in [0.3, 0.4) is 0 Å². The summed E-state index contributed by atoms with van der Waals surface area (Å²) in [5.74, 6) is 0.562. The van der Waals surface area contributed by atoms with Crippen LogP contribution in [0.25, 0.3) is 0 Å². The summed E-state index contributed by atoms with van der Waals surface area (Å²) in [6, 6.07) is 7.98. The van der Waals surface area contributed by atoms with Gasteiger partial charge in [-0.05, 0) is 17.7 Å². The molecule has 0 aliphatic carbocycles. The predicted octanol–water partition coefficient (Wildman–Crippen LogP) is 2.78. The molecule has 1 unspecified atom stereocenters. The van der Waals surface area contributed by atoms with Crippen molar-refractivity contribution < 1.29 is 4.74 Å². The summed E-state index contributed by atoms with van der Waals surface area (Å²) in [5.41, 5.74) is 1.24. The number of hydrogen-bond donors (Lipinski definition) is 0. The summed E-state index contributed by atoms with van der Waals surface area (Å²) in [7, 11) is 0. The predicted molar refractivity (Wildman–Crippen MR) is 67.2 cm³/mol. The van der Waals surface area contributed by atoms with Crippen LogP contribution in [-0.4, -0.2) is 36.6 Å². The van der Waals surface area contributed by atoms with E-state index in [4.69, 9.17) is 27.9 Å². The quantitative estimate of drug-likeness (QED) is 0.775. The third kappa shape index (κ3) is 3.36. The van der Waals surface area contributed by atoms with Crippen LogP contribution in [0.1, 0.15) is 5.56 Å². The number of alkyl halides is 1. The van der Waals surface area contributed by atoms with E-state index in [2.05, 4.69) is 11.0 Å². The van der Waals surface area contributed by atoms with Crippen LogP contribution in [0.4, 0.5) is 0 Å². The minimum atomic E-state index is 0.162. The van der Waals surface area contributed by atoms with Gasteiger partial charge in [0.2, 0.25) is 0 Å². The van der Waals surface area contributed by atoms with Gasteiger partial charge in [-0.1, -0.05) is 23.7 Å². The topological polar surface area (TPSA) is 12.5 Å². The van der Waals surface area contributed by atoms with Crippen LogP contribution in [0.2, 0.25) is 5.02 Å². The van der Waals surface area contributed by atoms with E-state index in [-0.39, 0.29) is 6.10 Å². The minimum Gasteiger partial charge on any atom is -0.374 e. The average Bonchev–Trinajstić information content (AvgIpc) is 2.29. The first kappa shape index (κ1) is 12.2. The standard InChI is InChI=1S/C12H15Cl2NO/c13-7-12-9-15(4-5-16-12)8-10-2-1-3-11(14)6-10/h1-3,6,12H,4-5,7-9H2. The second-order valence-electron chi connectivity index (χ2n) is 4.01. The third-order valence-electron chi connectivity index (χ3n) is 2.69. The summed E-state index contributed by atoms with van der Waals surface area (Å²) >= 11 is 11.8. The van der Waals surface area contributed by atoms with Gasteiger partial charge in [-0.2, -0.15) is 0 Å². The molecule has 1 atom stereocenters. The Hall–Kier alpha value is -0.280. The largest absolute Gasteiger partial charge is 0.374 e. The molecule has 1 fully saturated rings. The summed E-state index contributed by atoms with van der Waals surface area (Å²) < 4.78 is 5.52. The van der Waals surface area contributed by atoms with E-state index >= 15 is 0 Å². The molecule has 0 saturated carbocycles. The number of morpholine rings is 1. The number of benzene rings is 1. The second kappa shape index (κ2) is 5.87. The van der Waals surface area contributed by atoms with Crippen molar-refractivity contribution in [1.29, 1.82) is 0 Å². The van der Waals surface area contributed by atoms with Gasteiger partial charge in [0.1, 0.15) is 0 Å². The molecule has 0 N–H and O–H groups in total. The molecule has 1 heterocycles. The summed E-state index contributed by atoms with van der Waals surface area (Å²) in [4.78, 5) is 2.35. The van der Waals surface area contributed by atoms with E-state index in [1.807, 2.05) is 18.2 Å². The molecule has 2 rings (SSSR count). The lowest BCUT2D eigenvalue weighted by atomic mass is 10.2. The highest BCUT2D eigenvalue weighted by molar-refractivity contribution is 6.30. The van der Waals surface area contributed by atoms with Gasteiger partial charge in [0, 0.05) is 30.5 Å². The molecule has 1 aromatic rings. The molecule has 1 saturated heterocycles. The lowest BCUT2D eigenvalue weighted by Crippen LogP contribution is -2.42. The second-order valence-corrected chi connectivity index (χ2v) is 4.76. The number of nitrogens with zero attached hydrogens (tertiary/aromatic N) is 1. The summed E-state index contributed by atoms with van der Waals surface area (Å²) in [6.07, 6.45) is 0.162. The Kier molecular flexibility index (Phi) is 4.47. The fraction of sp³-hybridized carbons (Fsp3) is 0.500.